The number of hydrogen-bond acceptors (Lipinski definition) is 4. The Labute approximate surface area is 168 Å². The van der Waals surface area contributed by atoms with Gasteiger partial charge >= 0.3 is 0 Å². The van der Waals surface area contributed by atoms with Gasteiger partial charge in [-0.05, 0) is 48.3 Å². The first-order valence-corrected chi connectivity index (χ1v) is 11.0. The van der Waals surface area contributed by atoms with Crippen molar-refractivity contribution in [2.75, 3.05) is 11.1 Å². The normalized spacial score (nSPS) is 16.6. The first-order chi connectivity index (χ1) is 12.8. The van der Waals surface area contributed by atoms with Crippen molar-refractivity contribution in [3.63, 3.8) is 0 Å². The van der Waals surface area contributed by atoms with Crippen molar-refractivity contribution in [2.45, 2.75) is 44.9 Å². The Bertz CT molecular complexity index is 838. The molecule has 0 fully saturated rings. The fraction of sp³-hybridized carbons (Fsp3) is 0.429. The minimum Gasteiger partial charge on any atom is -0.365 e. The van der Waals surface area contributed by atoms with Gasteiger partial charge in [-0.2, -0.15) is 0 Å². The Kier molecular flexibility index (Phi) is 5.96. The molecule has 6 heteroatoms. The molecule has 3 rings (SSSR count). The van der Waals surface area contributed by atoms with Gasteiger partial charge in [-0.3, -0.25) is 9.59 Å². The van der Waals surface area contributed by atoms with Crippen LogP contribution >= 0.6 is 23.1 Å². The van der Waals surface area contributed by atoms with Gasteiger partial charge in [-0.25, -0.2) is 0 Å². The van der Waals surface area contributed by atoms with Crippen molar-refractivity contribution >= 4 is 39.9 Å². The number of nitrogens with one attached hydrogen (secondary N) is 1. The summed E-state index contributed by atoms with van der Waals surface area (Å²) in [5, 5.41) is 3.54. The van der Waals surface area contributed by atoms with Gasteiger partial charge in [0.15, 0.2) is 0 Å². The minimum atomic E-state index is -0.451. The number of carbonyl (C=O) groups excluding carboxylic acids is 2. The van der Waals surface area contributed by atoms with Crippen molar-refractivity contribution in [1.82, 2.24) is 0 Å². The Balaban J connectivity index is 1.75. The molecule has 1 atom stereocenters. The lowest BCUT2D eigenvalue weighted by Gasteiger charge is -2.33. The standard InChI is InChI=1S/C21H26N2O2S2/c1-21(2,3)13-9-10-15-16(11-13)27-20(18(15)19(22)25)23-17(24)12-26-14-7-5-4-6-8-14/h4-8,13H,9-12H2,1-3H3,(H2,22,25)(H,23,24)/t13-/m0/s1. The maximum atomic E-state index is 12.4. The van der Waals surface area contributed by atoms with Crippen molar-refractivity contribution in [3.8, 4) is 0 Å². The Morgan fingerprint density at radius 1 is 1.26 bits per heavy atom. The molecule has 1 aliphatic rings. The quantitative estimate of drug-likeness (QED) is 0.710. The van der Waals surface area contributed by atoms with Gasteiger partial charge in [0.25, 0.3) is 5.91 Å². The zero-order valence-electron chi connectivity index (χ0n) is 16.0. The SMILES string of the molecule is CC(C)(C)[C@H]1CCc2c(sc(NC(=O)CSc3ccccc3)c2C(N)=O)C1. The highest BCUT2D eigenvalue weighted by Gasteiger charge is 2.33. The Morgan fingerprint density at radius 2 is 1.96 bits per heavy atom. The summed E-state index contributed by atoms with van der Waals surface area (Å²) in [6, 6.07) is 9.80. The molecule has 144 valence electrons. The molecule has 27 heavy (non-hydrogen) atoms. The second-order valence-electron chi connectivity index (χ2n) is 8.03. The van der Waals surface area contributed by atoms with E-state index in [0.717, 1.165) is 29.7 Å². The predicted octanol–water partition coefficient (Wildman–Crippen LogP) is 4.73. The number of benzene rings is 1. The van der Waals surface area contributed by atoms with Crippen LogP contribution in [0.4, 0.5) is 5.00 Å². The van der Waals surface area contributed by atoms with Crippen LogP contribution in [0, 0.1) is 11.3 Å². The van der Waals surface area contributed by atoms with E-state index in [9.17, 15) is 9.59 Å². The molecule has 0 spiro atoms. The molecule has 0 bridgehead atoms. The van der Waals surface area contributed by atoms with Crippen LogP contribution in [0.3, 0.4) is 0 Å². The lowest BCUT2D eigenvalue weighted by Crippen LogP contribution is -2.27. The zero-order valence-corrected chi connectivity index (χ0v) is 17.6. The van der Waals surface area contributed by atoms with Crippen LogP contribution in [0.5, 0.6) is 0 Å². The number of anilines is 1. The largest absolute Gasteiger partial charge is 0.365 e. The van der Waals surface area contributed by atoms with E-state index >= 15 is 0 Å². The van der Waals surface area contributed by atoms with Gasteiger partial charge < -0.3 is 11.1 Å². The summed E-state index contributed by atoms with van der Waals surface area (Å²) in [6.45, 7) is 6.78. The third kappa shape index (κ3) is 4.74. The molecule has 0 saturated carbocycles. The number of fused-ring (bicyclic) bond motifs is 1. The third-order valence-corrected chi connectivity index (χ3v) is 7.28. The van der Waals surface area contributed by atoms with Crippen molar-refractivity contribution in [3.05, 3.63) is 46.3 Å². The molecular weight excluding hydrogens is 376 g/mol. The van der Waals surface area contributed by atoms with Crippen molar-refractivity contribution in [1.29, 1.82) is 0 Å². The molecule has 3 N–H and O–H groups in total. The molecule has 0 unspecified atom stereocenters. The van der Waals surface area contributed by atoms with Gasteiger partial charge in [-0.1, -0.05) is 39.0 Å². The maximum absolute atomic E-state index is 12.4. The molecule has 2 aromatic rings. The van der Waals surface area contributed by atoms with E-state index in [0.29, 0.717) is 22.2 Å². The summed E-state index contributed by atoms with van der Waals surface area (Å²) >= 11 is 3.00. The summed E-state index contributed by atoms with van der Waals surface area (Å²) in [4.78, 5) is 26.7. The summed E-state index contributed by atoms with van der Waals surface area (Å²) in [7, 11) is 0. The molecule has 1 aromatic heterocycles. The zero-order chi connectivity index (χ0) is 19.6. The molecule has 4 nitrogen and oxygen atoms in total. The van der Waals surface area contributed by atoms with Gasteiger partial charge in [0, 0.05) is 9.77 Å². The van der Waals surface area contributed by atoms with E-state index < -0.39 is 5.91 Å². The molecule has 2 amide bonds. The predicted molar refractivity (Wildman–Crippen MR) is 114 cm³/mol. The topological polar surface area (TPSA) is 72.2 Å². The lowest BCUT2D eigenvalue weighted by molar-refractivity contribution is -0.113. The van der Waals surface area contributed by atoms with Gasteiger partial charge in [0.05, 0.1) is 11.3 Å². The number of primary amides is 1. The highest BCUT2D eigenvalue weighted by molar-refractivity contribution is 8.00. The number of thioether (sulfide) groups is 1. The van der Waals surface area contributed by atoms with Crippen LogP contribution in [0.2, 0.25) is 0 Å². The van der Waals surface area contributed by atoms with E-state index in [1.165, 1.54) is 28.0 Å². The number of thiophene rings is 1. The maximum Gasteiger partial charge on any atom is 0.251 e. The lowest BCUT2D eigenvalue weighted by atomic mass is 9.72. The van der Waals surface area contributed by atoms with Crippen LogP contribution in [0.25, 0.3) is 0 Å². The van der Waals surface area contributed by atoms with Crippen LogP contribution in [-0.2, 0) is 17.6 Å². The summed E-state index contributed by atoms with van der Waals surface area (Å²) in [5.41, 5.74) is 7.44. The van der Waals surface area contributed by atoms with Crippen molar-refractivity contribution in [2.24, 2.45) is 17.1 Å². The van der Waals surface area contributed by atoms with E-state index in [1.807, 2.05) is 30.3 Å². The summed E-state index contributed by atoms with van der Waals surface area (Å²) in [6.07, 6.45) is 2.84. The van der Waals surface area contributed by atoms with Crippen LogP contribution in [0.15, 0.2) is 35.2 Å². The van der Waals surface area contributed by atoms with E-state index in [-0.39, 0.29) is 11.3 Å². The van der Waals surface area contributed by atoms with Gasteiger partial charge in [-0.15, -0.1) is 23.1 Å². The van der Waals surface area contributed by atoms with E-state index in [2.05, 4.69) is 26.1 Å². The van der Waals surface area contributed by atoms with E-state index in [4.69, 9.17) is 5.73 Å². The minimum absolute atomic E-state index is 0.114. The molecule has 0 aliphatic heterocycles. The number of amides is 2. The number of nitrogens with two attached hydrogens (primary N) is 1. The first kappa shape index (κ1) is 20.0. The van der Waals surface area contributed by atoms with Crippen LogP contribution < -0.4 is 11.1 Å². The molecule has 1 aromatic carbocycles. The van der Waals surface area contributed by atoms with E-state index in [1.54, 1.807) is 0 Å². The monoisotopic (exact) mass is 402 g/mol. The van der Waals surface area contributed by atoms with Crippen molar-refractivity contribution < 1.29 is 9.59 Å². The summed E-state index contributed by atoms with van der Waals surface area (Å²) in [5.74, 6) is 0.307. The third-order valence-electron chi connectivity index (χ3n) is 5.10. The first-order valence-electron chi connectivity index (χ1n) is 9.17. The second kappa shape index (κ2) is 8.07. The average Bonchev–Trinajstić information content (AvgIpc) is 2.97. The molecular formula is C21H26N2O2S2. The van der Waals surface area contributed by atoms with Crippen LogP contribution in [0.1, 0.15) is 48.0 Å². The fourth-order valence-corrected chi connectivity index (χ4v) is 5.57. The van der Waals surface area contributed by atoms with Gasteiger partial charge in [0.2, 0.25) is 5.91 Å². The average molecular weight is 403 g/mol. The highest BCUT2D eigenvalue weighted by atomic mass is 32.2. The molecule has 0 saturated heterocycles. The van der Waals surface area contributed by atoms with Crippen LogP contribution in [-0.4, -0.2) is 17.6 Å². The number of rotatable bonds is 5. The Morgan fingerprint density at radius 3 is 2.59 bits per heavy atom. The smallest absolute Gasteiger partial charge is 0.251 e. The number of carbonyl (C=O) groups is 2. The second-order valence-corrected chi connectivity index (χ2v) is 10.2. The number of hydrogen-bond donors (Lipinski definition) is 2. The molecule has 0 radical (unpaired) electrons. The molecule has 1 aliphatic carbocycles. The fourth-order valence-electron chi connectivity index (χ4n) is 3.50. The van der Waals surface area contributed by atoms with Gasteiger partial charge in [0.1, 0.15) is 5.00 Å². The Hall–Kier alpha value is -1.79. The highest BCUT2D eigenvalue weighted by Crippen LogP contribution is 2.44. The molecule has 1 heterocycles. The summed E-state index contributed by atoms with van der Waals surface area (Å²) < 4.78 is 0.